The number of carbonyl (C=O) groups excluding carboxylic acids is 1. The van der Waals surface area contributed by atoms with Gasteiger partial charge in [0.2, 0.25) is 0 Å². The molecular weight excluding hydrogens is 260 g/mol. The Kier molecular flexibility index (Phi) is 4.86. The Balaban J connectivity index is 1.83. The summed E-state index contributed by atoms with van der Waals surface area (Å²) in [6, 6.07) is -1.28. The summed E-state index contributed by atoms with van der Waals surface area (Å²) in [6.45, 7) is 2.93. The van der Waals surface area contributed by atoms with Crippen LogP contribution < -0.4 is 5.32 Å². The van der Waals surface area contributed by atoms with Crippen molar-refractivity contribution in [3.63, 3.8) is 0 Å². The molecule has 2 amide bonds. The molecule has 6 heteroatoms. The van der Waals surface area contributed by atoms with E-state index in [1.54, 1.807) is 0 Å². The van der Waals surface area contributed by atoms with Gasteiger partial charge < -0.3 is 20.4 Å². The minimum absolute atomic E-state index is 0.101. The highest BCUT2D eigenvalue weighted by Crippen LogP contribution is 2.28. The third-order valence-corrected chi connectivity index (χ3v) is 4.41. The summed E-state index contributed by atoms with van der Waals surface area (Å²) in [5, 5.41) is 21.4. The maximum absolute atomic E-state index is 12.1. The highest BCUT2D eigenvalue weighted by Gasteiger charge is 2.39. The first kappa shape index (κ1) is 15.1. The predicted octanol–water partition coefficient (Wildman–Crippen LogP) is 1.04. The Morgan fingerprint density at radius 2 is 2.05 bits per heavy atom. The molecule has 0 spiro atoms. The van der Waals surface area contributed by atoms with Crippen molar-refractivity contribution in [3.05, 3.63) is 0 Å². The first-order valence-electron chi connectivity index (χ1n) is 7.42. The van der Waals surface area contributed by atoms with Gasteiger partial charge in [-0.1, -0.05) is 19.8 Å². The number of carboxylic acid groups (broad SMARTS) is 1. The zero-order chi connectivity index (χ0) is 14.7. The average Bonchev–Trinajstić information content (AvgIpc) is 2.78. The molecule has 1 aliphatic carbocycles. The molecule has 0 aromatic rings. The fourth-order valence-electron chi connectivity index (χ4n) is 3.35. The summed E-state index contributed by atoms with van der Waals surface area (Å²) >= 11 is 0. The molecule has 0 bridgehead atoms. The molecule has 2 unspecified atom stereocenters. The zero-order valence-electron chi connectivity index (χ0n) is 11.9. The van der Waals surface area contributed by atoms with E-state index in [-0.39, 0.29) is 19.0 Å². The Morgan fingerprint density at radius 1 is 1.30 bits per heavy atom. The largest absolute Gasteiger partial charge is 0.480 e. The van der Waals surface area contributed by atoms with Gasteiger partial charge in [0.25, 0.3) is 0 Å². The van der Waals surface area contributed by atoms with Gasteiger partial charge in [0.1, 0.15) is 6.04 Å². The zero-order valence-corrected chi connectivity index (χ0v) is 11.9. The summed E-state index contributed by atoms with van der Waals surface area (Å²) < 4.78 is 0. The summed E-state index contributed by atoms with van der Waals surface area (Å²) in [6.07, 6.45) is 4.06. The summed E-state index contributed by atoms with van der Waals surface area (Å²) in [7, 11) is 0. The van der Waals surface area contributed by atoms with E-state index in [4.69, 9.17) is 5.11 Å². The lowest BCUT2D eigenvalue weighted by molar-refractivity contribution is -0.141. The SMILES string of the molecule is CC1CCCC(CNC(=O)N2C[C@H](O)C[C@@H]2C(=O)O)C1. The van der Waals surface area contributed by atoms with Crippen LogP contribution >= 0.6 is 0 Å². The first-order chi connectivity index (χ1) is 9.47. The monoisotopic (exact) mass is 284 g/mol. The average molecular weight is 284 g/mol. The quantitative estimate of drug-likeness (QED) is 0.722. The molecule has 0 aromatic carbocycles. The molecule has 114 valence electrons. The molecule has 2 fully saturated rings. The fourth-order valence-corrected chi connectivity index (χ4v) is 3.35. The number of nitrogens with zero attached hydrogens (tertiary/aromatic N) is 1. The van der Waals surface area contributed by atoms with Crippen LogP contribution in [0, 0.1) is 11.8 Å². The second kappa shape index (κ2) is 6.43. The van der Waals surface area contributed by atoms with Gasteiger partial charge in [-0.3, -0.25) is 0 Å². The molecular formula is C14H24N2O4. The van der Waals surface area contributed by atoms with Crippen molar-refractivity contribution in [2.24, 2.45) is 11.8 Å². The van der Waals surface area contributed by atoms with Crippen molar-refractivity contribution in [2.45, 2.75) is 51.2 Å². The molecule has 1 heterocycles. The van der Waals surface area contributed by atoms with E-state index < -0.39 is 18.1 Å². The van der Waals surface area contributed by atoms with E-state index in [1.165, 1.54) is 17.7 Å². The van der Waals surface area contributed by atoms with Gasteiger partial charge in [0.15, 0.2) is 0 Å². The van der Waals surface area contributed by atoms with Gasteiger partial charge in [-0.15, -0.1) is 0 Å². The Labute approximate surface area is 119 Å². The Hall–Kier alpha value is -1.30. The van der Waals surface area contributed by atoms with Crippen LogP contribution in [0.3, 0.4) is 0 Å². The van der Waals surface area contributed by atoms with E-state index in [2.05, 4.69) is 12.2 Å². The molecule has 20 heavy (non-hydrogen) atoms. The van der Waals surface area contributed by atoms with Crippen LogP contribution in [0.15, 0.2) is 0 Å². The molecule has 2 rings (SSSR count). The van der Waals surface area contributed by atoms with Crippen LogP contribution in [0.2, 0.25) is 0 Å². The van der Waals surface area contributed by atoms with Crippen LogP contribution in [-0.4, -0.2) is 52.3 Å². The predicted molar refractivity (Wildman–Crippen MR) is 73.3 cm³/mol. The number of carbonyl (C=O) groups is 2. The van der Waals surface area contributed by atoms with Crippen LogP contribution in [0.5, 0.6) is 0 Å². The molecule has 3 N–H and O–H groups in total. The van der Waals surface area contributed by atoms with Crippen molar-refractivity contribution in [1.82, 2.24) is 10.2 Å². The number of amides is 2. The second-order valence-corrected chi connectivity index (χ2v) is 6.22. The molecule has 1 aliphatic heterocycles. The standard InChI is InChI=1S/C14H24N2O4/c1-9-3-2-4-10(5-9)7-15-14(20)16-8-11(17)6-12(16)13(18)19/h9-12,17H,2-8H2,1H3,(H,15,20)(H,18,19)/t9?,10?,11-,12-/m1/s1. The van der Waals surface area contributed by atoms with Crippen LogP contribution in [-0.2, 0) is 4.79 Å². The summed E-state index contributed by atoms with van der Waals surface area (Å²) in [5.41, 5.74) is 0. The minimum Gasteiger partial charge on any atom is -0.480 e. The number of hydrogen-bond donors (Lipinski definition) is 3. The van der Waals surface area contributed by atoms with Crippen molar-refractivity contribution < 1.29 is 19.8 Å². The van der Waals surface area contributed by atoms with Crippen molar-refractivity contribution in [3.8, 4) is 0 Å². The van der Waals surface area contributed by atoms with Gasteiger partial charge in [-0.25, -0.2) is 9.59 Å². The first-order valence-corrected chi connectivity index (χ1v) is 7.42. The lowest BCUT2D eigenvalue weighted by Gasteiger charge is -2.28. The number of β-amino-alcohol motifs (C(OH)–C–C–N with tert-alkyl or cyclic N) is 1. The third-order valence-electron chi connectivity index (χ3n) is 4.41. The van der Waals surface area contributed by atoms with E-state index in [9.17, 15) is 14.7 Å². The number of carboxylic acids is 1. The van der Waals surface area contributed by atoms with Crippen LogP contribution in [0.25, 0.3) is 0 Å². The fraction of sp³-hybridized carbons (Fsp3) is 0.857. The van der Waals surface area contributed by atoms with Crippen molar-refractivity contribution in [1.29, 1.82) is 0 Å². The maximum Gasteiger partial charge on any atom is 0.326 e. The number of aliphatic hydroxyl groups excluding tert-OH is 1. The highest BCUT2D eigenvalue weighted by molar-refractivity contribution is 5.83. The van der Waals surface area contributed by atoms with Crippen molar-refractivity contribution >= 4 is 12.0 Å². The van der Waals surface area contributed by atoms with Gasteiger partial charge in [0, 0.05) is 19.5 Å². The van der Waals surface area contributed by atoms with Gasteiger partial charge in [-0.2, -0.15) is 0 Å². The Bertz CT molecular complexity index is 374. The summed E-state index contributed by atoms with van der Waals surface area (Å²) in [5.74, 6) is 0.132. The number of likely N-dealkylation sites (tertiary alicyclic amines) is 1. The number of aliphatic carboxylic acids is 1. The normalized spacial score (nSPS) is 34.0. The number of rotatable bonds is 3. The van der Waals surface area contributed by atoms with Gasteiger partial charge >= 0.3 is 12.0 Å². The van der Waals surface area contributed by atoms with Gasteiger partial charge in [0.05, 0.1) is 6.10 Å². The third kappa shape index (κ3) is 3.62. The van der Waals surface area contributed by atoms with Crippen molar-refractivity contribution in [2.75, 3.05) is 13.1 Å². The molecule has 0 radical (unpaired) electrons. The lowest BCUT2D eigenvalue weighted by Crippen LogP contribution is -2.47. The summed E-state index contributed by atoms with van der Waals surface area (Å²) in [4.78, 5) is 24.4. The van der Waals surface area contributed by atoms with Crippen LogP contribution in [0.4, 0.5) is 4.79 Å². The minimum atomic E-state index is -1.05. The molecule has 6 nitrogen and oxygen atoms in total. The maximum atomic E-state index is 12.1. The molecule has 4 atom stereocenters. The molecule has 1 saturated heterocycles. The topological polar surface area (TPSA) is 89.9 Å². The van der Waals surface area contributed by atoms with E-state index >= 15 is 0 Å². The highest BCUT2D eigenvalue weighted by atomic mass is 16.4. The molecule has 1 saturated carbocycles. The van der Waals surface area contributed by atoms with E-state index in [1.807, 2.05) is 0 Å². The molecule has 2 aliphatic rings. The number of hydrogen-bond acceptors (Lipinski definition) is 3. The smallest absolute Gasteiger partial charge is 0.326 e. The lowest BCUT2D eigenvalue weighted by atomic mass is 9.82. The van der Waals surface area contributed by atoms with Crippen LogP contribution in [0.1, 0.15) is 39.0 Å². The van der Waals surface area contributed by atoms with E-state index in [0.717, 1.165) is 12.8 Å². The van der Waals surface area contributed by atoms with E-state index in [0.29, 0.717) is 18.4 Å². The Morgan fingerprint density at radius 3 is 2.70 bits per heavy atom. The van der Waals surface area contributed by atoms with Gasteiger partial charge in [-0.05, 0) is 24.7 Å². The second-order valence-electron chi connectivity index (χ2n) is 6.22. The molecule has 0 aromatic heterocycles. The number of nitrogens with one attached hydrogen (secondary N) is 1. The number of aliphatic hydroxyl groups is 1. The number of urea groups is 1.